The summed E-state index contributed by atoms with van der Waals surface area (Å²) < 4.78 is 0. The fraction of sp³-hybridized carbons (Fsp3) is 0.409. The Morgan fingerprint density at radius 3 is 2.39 bits per heavy atom. The average molecular weight is 380 g/mol. The number of imidazole rings is 1. The number of rotatable bonds is 5. The van der Waals surface area contributed by atoms with Crippen molar-refractivity contribution in [1.29, 1.82) is 0 Å². The van der Waals surface area contributed by atoms with Crippen molar-refractivity contribution in [3.05, 3.63) is 48.5 Å². The van der Waals surface area contributed by atoms with Crippen molar-refractivity contribution in [2.24, 2.45) is 5.92 Å². The van der Waals surface area contributed by atoms with E-state index in [2.05, 4.69) is 29.9 Å². The van der Waals surface area contributed by atoms with Crippen LogP contribution in [-0.2, 0) is 0 Å². The first kappa shape index (κ1) is 19.9. The number of fused-ring (bicyclic) bond motifs is 1. The molecule has 3 aromatic rings. The molecule has 1 atom stereocenters. The molecule has 0 saturated heterocycles. The molecule has 0 radical (unpaired) electrons. The summed E-state index contributed by atoms with van der Waals surface area (Å²) >= 11 is 0. The van der Waals surface area contributed by atoms with Crippen LogP contribution in [0.3, 0.4) is 0 Å². The topological polar surface area (TPSA) is 82.1 Å². The molecule has 0 aliphatic carbocycles. The Bertz CT molecular complexity index is 958. The van der Waals surface area contributed by atoms with Gasteiger partial charge in [-0.3, -0.25) is 9.88 Å². The number of H-pyrrole nitrogens is 1. The Labute approximate surface area is 165 Å². The predicted molar refractivity (Wildman–Crippen MR) is 111 cm³/mol. The van der Waals surface area contributed by atoms with Crippen LogP contribution in [0.4, 0.5) is 4.79 Å². The second kappa shape index (κ2) is 7.62. The van der Waals surface area contributed by atoms with Gasteiger partial charge < -0.3 is 10.1 Å². The number of benzene rings is 1. The van der Waals surface area contributed by atoms with E-state index in [1.165, 1.54) is 4.90 Å². The molecule has 0 unspecified atom stereocenters. The molecule has 2 aromatic heterocycles. The molecule has 0 aliphatic heterocycles. The lowest BCUT2D eigenvalue weighted by atomic mass is 9.96. The van der Waals surface area contributed by atoms with E-state index in [1.807, 2.05) is 45.0 Å². The van der Waals surface area contributed by atoms with E-state index in [0.29, 0.717) is 18.2 Å². The minimum Gasteiger partial charge on any atom is -0.465 e. The van der Waals surface area contributed by atoms with Crippen molar-refractivity contribution in [3.8, 4) is 11.1 Å². The van der Waals surface area contributed by atoms with Gasteiger partial charge >= 0.3 is 6.09 Å². The van der Waals surface area contributed by atoms with Gasteiger partial charge in [-0.05, 0) is 68.5 Å². The number of aromatic amines is 1. The highest BCUT2D eigenvalue weighted by molar-refractivity contribution is 5.82. The molecule has 2 N–H and O–H groups in total. The summed E-state index contributed by atoms with van der Waals surface area (Å²) in [5.74, 6) is 1.02. The fourth-order valence-corrected chi connectivity index (χ4v) is 3.58. The first-order chi connectivity index (χ1) is 13.2. The van der Waals surface area contributed by atoms with Crippen molar-refractivity contribution in [2.45, 2.75) is 52.6 Å². The summed E-state index contributed by atoms with van der Waals surface area (Å²) in [6.07, 6.45) is 3.30. The van der Waals surface area contributed by atoms with Gasteiger partial charge in [0.1, 0.15) is 5.82 Å². The highest BCUT2D eigenvalue weighted by Crippen LogP contribution is 2.33. The van der Waals surface area contributed by atoms with Gasteiger partial charge in [0, 0.05) is 17.9 Å². The standard InChI is InChI=1S/C22H28N4O2/c1-14(2)12-19(26(21(27)28)22(3,4)5)20-24-17-7-6-16(13-18(17)25-20)15-8-10-23-11-9-15/h6-11,13-14,19H,12H2,1-5H3,(H,24,25)(H,27,28)/t19-/m1/s1. The molecule has 1 amide bonds. The zero-order valence-corrected chi connectivity index (χ0v) is 17.1. The lowest BCUT2D eigenvalue weighted by molar-refractivity contribution is 0.0598. The van der Waals surface area contributed by atoms with Gasteiger partial charge in [0.05, 0.1) is 17.1 Å². The molecule has 2 heterocycles. The number of aromatic nitrogens is 3. The number of carboxylic acid groups (broad SMARTS) is 1. The van der Waals surface area contributed by atoms with Crippen LogP contribution in [0, 0.1) is 5.92 Å². The van der Waals surface area contributed by atoms with Crippen molar-refractivity contribution in [3.63, 3.8) is 0 Å². The second-order valence-electron chi connectivity index (χ2n) is 8.56. The number of hydrogen-bond acceptors (Lipinski definition) is 3. The van der Waals surface area contributed by atoms with Crippen LogP contribution < -0.4 is 0 Å². The Morgan fingerprint density at radius 1 is 1.14 bits per heavy atom. The van der Waals surface area contributed by atoms with E-state index in [1.54, 1.807) is 12.4 Å². The fourth-order valence-electron chi connectivity index (χ4n) is 3.58. The summed E-state index contributed by atoms with van der Waals surface area (Å²) in [4.78, 5) is 25.8. The number of pyridine rings is 1. The Hall–Kier alpha value is -2.89. The number of amides is 1. The number of nitrogens with one attached hydrogen (secondary N) is 1. The van der Waals surface area contributed by atoms with E-state index < -0.39 is 11.6 Å². The van der Waals surface area contributed by atoms with Gasteiger partial charge in [-0.15, -0.1) is 0 Å². The van der Waals surface area contributed by atoms with Crippen LogP contribution in [0.15, 0.2) is 42.7 Å². The zero-order valence-electron chi connectivity index (χ0n) is 17.1. The largest absolute Gasteiger partial charge is 0.465 e. The first-order valence-electron chi connectivity index (χ1n) is 9.59. The summed E-state index contributed by atoms with van der Waals surface area (Å²) in [7, 11) is 0. The molecule has 0 saturated carbocycles. The van der Waals surface area contributed by atoms with Gasteiger partial charge in [-0.1, -0.05) is 19.9 Å². The van der Waals surface area contributed by atoms with Crippen molar-refractivity contribution in [2.75, 3.05) is 0 Å². The number of hydrogen-bond donors (Lipinski definition) is 2. The van der Waals surface area contributed by atoms with Crippen LogP contribution in [0.25, 0.3) is 22.2 Å². The normalized spacial score (nSPS) is 13.1. The average Bonchev–Trinajstić information content (AvgIpc) is 3.03. The van der Waals surface area contributed by atoms with E-state index in [4.69, 9.17) is 4.98 Å². The van der Waals surface area contributed by atoms with Crippen LogP contribution in [0.2, 0.25) is 0 Å². The lowest BCUT2D eigenvalue weighted by Crippen LogP contribution is -2.47. The molecule has 148 valence electrons. The molecule has 0 bridgehead atoms. The molecule has 1 aromatic carbocycles. The number of nitrogens with zero attached hydrogens (tertiary/aromatic N) is 3. The Balaban J connectivity index is 2.06. The van der Waals surface area contributed by atoms with E-state index in [-0.39, 0.29) is 6.04 Å². The van der Waals surface area contributed by atoms with Gasteiger partial charge in [0.25, 0.3) is 0 Å². The van der Waals surface area contributed by atoms with Crippen molar-refractivity contribution >= 4 is 17.1 Å². The van der Waals surface area contributed by atoms with Gasteiger partial charge in [0.15, 0.2) is 0 Å². The zero-order chi connectivity index (χ0) is 20.5. The van der Waals surface area contributed by atoms with Gasteiger partial charge in [0.2, 0.25) is 0 Å². The van der Waals surface area contributed by atoms with Crippen LogP contribution in [0.1, 0.15) is 52.9 Å². The molecular formula is C22H28N4O2. The minimum atomic E-state index is -0.934. The smallest absolute Gasteiger partial charge is 0.408 e. The summed E-state index contributed by atoms with van der Waals surface area (Å²) in [5.41, 5.74) is 3.34. The molecular weight excluding hydrogens is 352 g/mol. The maximum atomic E-state index is 12.1. The molecule has 6 heteroatoms. The summed E-state index contributed by atoms with van der Waals surface area (Å²) in [6.45, 7) is 9.94. The highest BCUT2D eigenvalue weighted by atomic mass is 16.4. The second-order valence-corrected chi connectivity index (χ2v) is 8.56. The van der Waals surface area contributed by atoms with Crippen LogP contribution in [-0.4, -0.2) is 36.6 Å². The molecule has 0 fully saturated rings. The van der Waals surface area contributed by atoms with Crippen molar-refractivity contribution < 1.29 is 9.90 Å². The Morgan fingerprint density at radius 2 is 1.82 bits per heavy atom. The van der Waals surface area contributed by atoms with E-state index >= 15 is 0 Å². The Kier molecular flexibility index (Phi) is 5.40. The van der Waals surface area contributed by atoms with E-state index in [0.717, 1.165) is 22.2 Å². The molecule has 28 heavy (non-hydrogen) atoms. The third-order valence-corrected chi connectivity index (χ3v) is 4.76. The third-order valence-electron chi connectivity index (χ3n) is 4.76. The highest BCUT2D eigenvalue weighted by Gasteiger charge is 2.36. The number of carbonyl (C=O) groups is 1. The first-order valence-corrected chi connectivity index (χ1v) is 9.59. The maximum absolute atomic E-state index is 12.1. The molecule has 0 spiro atoms. The van der Waals surface area contributed by atoms with Crippen molar-refractivity contribution in [1.82, 2.24) is 19.9 Å². The van der Waals surface area contributed by atoms with Crippen LogP contribution >= 0.6 is 0 Å². The molecule has 6 nitrogen and oxygen atoms in total. The van der Waals surface area contributed by atoms with Gasteiger partial charge in [-0.25, -0.2) is 9.78 Å². The summed E-state index contributed by atoms with van der Waals surface area (Å²) in [5, 5.41) is 9.90. The lowest BCUT2D eigenvalue weighted by Gasteiger charge is -2.39. The van der Waals surface area contributed by atoms with Gasteiger partial charge in [-0.2, -0.15) is 0 Å². The van der Waals surface area contributed by atoms with E-state index in [9.17, 15) is 9.90 Å². The summed E-state index contributed by atoms with van der Waals surface area (Å²) in [6, 6.07) is 9.64. The SMILES string of the molecule is CC(C)C[C@H](c1nc2ccc(-c3ccncc3)cc2[nH]1)N(C(=O)O)C(C)(C)C. The van der Waals surface area contributed by atoms with Crippen LogP contribution in [0.5, 0.6) is 0 Å². The predicted octanol–water partition coefficient (Wildman–Crippen LogP) is 5.49. The quantitative estimate of drug-likeness (QED) is 0.613. The maximum Gasteiger partial charge on any atom is 0.408 e. The molecule has 3 rings (SSSR count). The monoisotopic (exact) mass is 380 g/mol. The third kappa shape index (κ3) is 4.16. The molecule has 0 aliphatic rings. The minimum absolute atomic E-state index is 0.329.